The first kappa shape index (κ1) is 22.1. The van der Waals surface area contributed by atoms with Gasteiger partial charge in [-0.2, -0.15) is 0 Å². The summed E-state index contributed by atoms with van der Waals surface area (Å²) in [5, 5.41) is 0. The van der Waals surface area contributed by atoms with E-state index in [-0.39, 0.29) is 0 Å². The van der Waals surface area contributed by atoms with E-state index in [0.717, 1.165) is 6.42 Å². The normalized spacial score (nSPS) is 10.8. The summed E-state index contributed by atoms with van der Waals surface area (Å²) in [6.45, 7) is 0. The molecule has 0 aliphatic carbocycles. The van der Waals surface area contributed by atoms with Crippen molar-refractivity contribution in [3.63, 3.8) is 0 Å². The second-order valence-corrected chi connectivity index (χ2v) is 8.31. The van der Waals surface area contributed by atoms with Gasteiger partial charge >= 0.3 is 0 Å². The molecule has 30 heavy (non-hydrogen) atoms. The van der Waals surface area contributed by atoms with E-state index in [4.69, 9.17) is 18.6 Å². The van der Waals surface area contributed by atoms with Crippen molar-refractivity contribution in [3.8, 4) is 21.6 Å². The first-order chi connectivity index (χ1) is 14.4. The highest BCUT2D eigenvalue weighted by Crippen LogP contribution is 2.37. The van der Waals surface area contributed by atoms with Crippen molar-refractivity contribution >= 4 is 11.3 Å². The van der Waals surface area contributed by atoms with Crippen molar-refractivity contribution in [1.82, 2.24) is 0 Å². The van der Waals surface area contributed by atoms with Crippen molar-refractivity contribution < 1.29 is 28.9 Å². The Balaban J connectivity index is 0.000000461. The Bertz CT molecular complexity index is 1050. The average molecular weight is 439 g/mol. The van der Waals surface area contributed by atoms with Crippen LogP contribution in [0.15, 0.2) is 103 Å². The van der Waals surface area contributed by atoms with Gasteiger partial charge in [-0.3, -0.25) is 0 Å². The molecular formula is C24H19ClO4S. The summed E-state index contributed by atoms with van der Waals surface area (Å²) in [5.74, 6) is 0. The largest absolute Gasteiger partial charge is 0.246 e. The molecule has 0 fully saturated rings. The highest BCUT2D eigenvalue weighted by Gasteiger charge is 2.20. The van der Waals surface area contributed by atoms with Gasteiger partial charge in [0.2, 0.25) is 21.1 Å². The third-order valence-electron chi connectivity index (χ3n) is 4.26. The summed E-state index contributed by atoms with van der Waals surface area (Å²) in [6.07, 6.45) is 0.973. The standard InChI is InChI=1S/C24H19S.ClHO4/c1-4-10-19(11-5-1)18-22-16-17-23(20-12-6-2-7-13-20)24(25-22)21-14-8-3-9-15-21;2-1(3,4)5/h1-17H,18H2;(H,2,3,4,5)/q+1;/p-1. The predicted molar refractivity (Wildman–Crippen MR) is 109 cm³/mol. The Morgan fingerprint density at radius 2 is 1.03 bits per heavy atom. The van der Waals surface area contributed by atoms with Gasteiger partial charge in [-0.25, -0.2) is 18.6 Å². The predicted octanol–water partition coefficient (Wildman–Crippen LogP) is 2.20. The lowest BCUT2D eigenvalue weighted by Gasteiger charge is -2.17. The van der Waals surface area contributed by atoms with Crippen molar-refractivity contribution in [1.29, 1.82) is 0 Å². The van der Waals surface area contributed by atoms with E-state index in [1.807, 2.05) is 11.3 Å². The SMILES string of the molecule is [O-][Cl+3]([O-])([O-])[O-].c1ccc(Cc2ccc(-c3ccccc3)c(-c3ccccc3)[s+]2)cc1. The Kier molecular flexibility index (Phi) is 7.65. The molecule has 152 valence electrons. The molecule has 0 N–H and O–H groups in total. The fourth-order valence-electron chi connectivity index (χ4n) is 3.01. The van der Waals surface area contributed by atoms with E-state index in [2.05, 4.69) is 103 Å². The lowest BCUT2D eigenvalue weighted by atomic mass is 10.0. The molecule has 4 nitrogen and oxygen atoms in total. The van der Waals surface area contributed by atoms with Crippen molar-refractivity contribution in [2.75, 3.05) is 0 Å². The molecule has 4 rings (SSSR count). The average Bonchev–Trinajstić information content (AvgIpc) is 2.75. The first-order valence-corrected chi connectivity index (χ1v) is 11.2. The molecule has 6 heteroatoms. The monoisotopic (exact) mass is 438 g/mol. The summed E-state index contributed by atoms with van der Waals surface area (Å²) in [7, 11) is -4.94. The molecule has 0 saturated carbocycles. The lowest BCUT2D eigenvalue weighted by molar-refractivity contribution is -2.00. The molecule has 0 aliphatic heterocycles. The fraction of sp³-hybridized carbons (Fsp3) is 0.0417. The maximum Gasteiger partial charge on any atom is 0.246 e. The van der Waals surface area contributed by atoms with Crippen LogP contribution in [0.1, 0.15) is 10.4 Å². The number of halogens is 1. The van der Waals surface area contributed by atoms with E-state index in [0.29, 0.717) is 0 Å². The maximum atomic E-state index is 8.49. The molecule has 0 radical (unpaired) electrons. The lowest BCUT2D eigenvalue weighted by Crippen LogP contribution is -2.68. The Labute approximate surface area is 181 Å². The Hall–Kier alpha value is -2.64. The van der Waals surface area contributed by atoms with Gasteiger partial charge in [0.05, 0.1) is 6.42 Å². The summed E-state index contributed by atoms with van der Waals surface area (Å²) >= 11 is 1.89. The zero-order valence-corrected chi connectivity index (χ0v) is 17.5. The van der Waals surface area contributed by atoms with E-state index in [1.165, 1.54) is 32.0 Å². The van der Waals surface area contributed by atoms with E-state index < -0.39 is 10.2 Å². The third-order valence-corrected chi connectivity index (χ3v) is 5.46. The van der Waals surface area contributed by atoms with Gasteiger partial charge in [0.25, 0.3) is 0 Å². The molecule has 4 aromatic rings. The van der Waals surface area contributed by atoms with Crippen LogP contribution < -0.4 is 18.6 Å². The molecule has 0 spiro atoms. The maximum absolute atomic E-state index is 8.49. The van der Waals surface area contributed by atoms with Gasteiger partial charge in [-0.1, -0.05) is 78.9 Å². The zero-order chi connectivity index (χ0) is 21.4. The molecule has 1 heterocycles. The quantitative estimate of drug-likeness (QED) is 0.456. The van der Waals surface area contributed by atoms with Crippen LogP contribution in [0, 0.1) is 10.2 Å². The topological polar surface area (TPSA) is 92.2 Å². The molecule has 0 saturated heterocycles. The van der Waals surface area contributed by atoms with Gasteiger partial charge in [0.1, 0.15) is 0 Å². The molecule has 0 bridgehead atoms. The van der Waals surface area contributed by atoms with Crippen LogP contribution in [0.3, 0.4) is 0 Å². The zero-order valence-electron chi connectivity index (χ0n) is 15.9. The van der Waals surface area contributed by atoms with Crippen molar-refractivity contribution in [3.05, 3.63) is 114 Å². The molecule has 0 unspecified atom stereocenters. The molecule has 3 aromatic carbocycles. The smallest absolute Gasteiger partial charge is 0.222 e. The van der Waals surface area contributed by atoms with Crippen LogP contribution in [-0.4, -0.2) is 0 Å². The van der Waals surface area contributed by atoms with Gasteiger partial charge < -0.3 is 0 Å². The van der Waals surface area contributed by atoms with Crippen molar-refractivity contribution in [2.45, 2.75) is 6.42 Å². The number of rotatable bonds is 4. The van der Waals surface area contributed by atoms with E-state index in [1.54, 1.807) is 0 Å². The summed E-state index contributed by atoms with van der Waals surface area (Å²) < 4.78 is 34.0. The highest BCUT2D eigenvalue weighted by molar-refractivity contribution is 7.15. The van der Waals surface area contributed by atoms with Crippen LogP contribution in [0.2, 0.25) is 0 Å². The number of benzene rings is 3. The van der Waals surface area contributed by atoms with Crippen LogP contribution in [0.5, 0.6) is 0 Å². The minimum absolute atomic E-state index is 0.973. The van der Waals surface area contributed by atoms with Gasteiger partial charge in [-0.15, -0.1) is 10.2 Å². The number of hydrogen-bond acceptors (Lipinski definition) is 4. The fourth-order valence-corrected chi connectivity index (χ4v) is 4.20. The molecule has 1 aromatic heterocycles. The summed E-state index contributed by atoms with van der Waals surface area (Å²) in [5.41, 5.74) is 5.20. The second-order valence-electron chi connectivity index (χ2n) is 6.42. The van der Waals surface area contributed by atoms with Crippen LogP contribution in [0.4, 0.5) is 0 Å². The Morgan fingerprint density at radius 1 is 0.567 bits per heavy atom. The van der Waals surface area contributed by atoms with Crippen molar-refractivity contribution in [2.24, 2.45) is 0 Å². The first-order valence-electron chi connectivity index (χ1n) is 9.13. The summed E-state index contributed by atoms with van der Waals surface area (Å²) in [4.78, 5) is 2.71. The van der Waals surface area contributed by atoms with Crippen LogP contribution in [-0.2, 0) is 6.42 Å². The van der Waals surface area contributed by atoms with Gasteiger partial charge in [-0.05, 0) is 29.3 Å². The Morgan fingerprint density at radius 3 is 1.57 bits per heavy atom. The highest BCUT2D eigenvalue weighted by atomic mass is 35.7. The van der Waals surface area contributed by atoms with Gasteiger partial charge in [0, 0.05) is 17.2 Å². The van der Waals surface area contributed by atoms with Crippen LogP contribution >= 0.6 is 11.3 Å². The minimum Gasteiger partial charge on any atom is -0.222 e. The molecule has 0 amide bonds. The van der Waals surface area contributed by atoms with E-state index >= 15 is 0 Å². The summed E-state index contributed by atoms with van der Waals surface area (Å²) in [6, 6.07) is 36.6. The molecule has 0 atom stereocenters. The molecule has 0 aliphatic rings. The molecular weight excluding hydrogens is 420 g/mol. The van der Waals surface area contributed by atoms with Crippen LogP contribution in [0.25, 0.3) is 21.6 Å². The van der Waals surface area contributed by atoms with Gasteiger partial charge in [0.15, 0.2) is 0 Å². The second kappa shape index (κ2) is 10.4. The minimum atomic E-state index is -4.94. The third kappa shape index (κ3) is 7.00. The van der Waals surface area contributed by atoms with E-state index in [9.17, 15) is 0 Å². The number of hydrogen-bond donors (Lipinski definition) is 0.